The van der Waals surface area contributed by atoms with Crippen LogP contribution in [0, 0.1) is 5.41 Å². The van der Waals surface area contributed by atoms with Crippen LogP contribution >= 0.6 is 0 Å². The lowest BCUT2D eigenvalue weighted by Gasteiger charge is -2.22. The largest absolute Gasteiger partial charge is 0.391 e. The summed E-state index contributed by atoms with van der Waals surface area (Å²) in [6.07, 6.45) is 1.51. The van der Waals surface area contributed by atoms with Gasteiger partial charge in [0.25, 0.3) is 0 Å². The first kappa shape index (κ1) is 11.9. The molecule has 0 saturated heterocycles. The molecule has 0 radical (unpaired) electrons. The van der Waals surface area contributed by atoms with Crippen molar-refractivity contribution in [2.75, 3.05) is 13.2 Å². The van der Waals surface area contributed by atoms with E-state index in [1.807, 2.05) is 0 Å². The summed E-state index contributed by atoms with van der Waals surface area (Å²) in [5.74, 6) is 0. The number of hydrogen-bond acceptors (Lipinski definition) is 2. The molecule has 2 heteroatoms. The van der Waals surface area contributed by atoms with Crippen molar-refractivity contribution in [3.8, 4) is 0 Å². The summed E-state index contributed by atoms with van der Waals surface area (Å²) in [5.41, 5.74) is 0.189. The molecule has 0 aliphatic rings. The smallest absolute Gasteiger partial charge is 0.0778 e. The van der Waals surface area contributed by atoms with E-state index in [-0.39, 0.29) is 11.5 Å². The topological polar surface area (TPSA) is 29.5 Å². The van der Waals surface area contributed by atoms with Gasteiger partial charge in [0.15, 0.2) is 0 Å². The molecule has 0 rings (SSSR count). The second-order valence-electron chi connectivity index (χ2n) is 4.49. The molecule has 0 aliphatic carbocycles. The van der Waals surface area contributed by atoms with Gasteiger partial charge in [-0.1, -0.05) is 27.7 Å². The number of hydrogen-bond donors (Lipinski definition) is 1. The van der Waals surface area contributed by atoms with Gasteiger partial charge < -0.3 is 9.84 Å². The van der Waals surface area contributed by atoms with Crippen molar-refractivity contribution in [2.24, 2.45) is 5.41 Å². The minimum atomic E-state index is -0.309. The minimum Gasteiger partial charge on any atom is -0.391 e. The molecule has 74 valence electrons. The highest BCUT2D eigenvalue weighted by Crippen LogP contribution is 2.20. The van der Waals surface area contributed by atoms with Crippen LogP contribution < -0.4 is 0 Å². The van der Waals surface area contributed by atoms with Gasteiger partial charge in [0, 0.05) is 6.61 Å². The number of rotatable bonds is 5. The molecule has 2 nitrogen and oxygen atoms in total. The monoisotopic (exact) mass is 174 g/mol. The fraction of sp³-hybridized carbons (Fsp3) is 1.00. The van der Waals surface area contributed by atoms with Crippen LogP contribution in [0.4, 0.5) is 0 Å². The highest BCUT2D eigenvalue weighted by atomic mass is 16.5. The summed E-state index contributed by atoms with van der Waals surface area (Å²) in [6.45, 7) is 9.66. The Kier molecular flexibility index (Phi) is 5.51. The van der Waals surface area contributed by atoms with Crippen molar-refractivity contribution in [3.05, 3.63) is 0 Å². The van der Waals surface area contributed by atoms with Gasteiger partial charge in [0.1, 0.15) is 0 Å². The van der Waals surface area contributed by atoms with Gasteiger partial charge in [-0.2, -0.15) is 0 Å². The van der Waals surface area contributed by atoms with E-state index in [9.17, 15) is 5.11 Å². The Labute approximate surface area is 75.9 Å². The van der Waals surface area contributed by atoms with E-state index in [0.29, 0.717) is 6.61 Å². The predicted molar refractivity (Wildman–Crippen MR) is 51.2 cm³/mol. The highest BCUT2D eigenvalue weighted by molar-refractivity contribution is 4.67. The summed E-state index contributed by atoms with van der Waals surface area (Å²) in [6, 6.07) is 0. The molecule has 0 amide bonds. The lowest BCUT2D eigenvalue weighted by molar-refractivity contribution is 0.0165. The molecule has 12 heavy (non-hydrogen) atoms. The number of ether oxygens (including phenoxy) is 1. The summed E-state index contributed by atoms with van der Waals surface area (Å²) < 4.78 is 5.24. The molecule has 0 bridgehead atoms. The number of aliphatic hydroxyl groups excluding tert-OH is 1. The Bertz CT molecular complexity index is 105. The maximum Gasteiger partial charge on any atom is 0.0778 e. The van der Waals surface area contributed by atoms with Crippen LogP contribution in [0.2, 0.25) is 0 Å². The van der Waals surface area contributed by atoms with E-state index in [1.54, 1.807) is 0 Å². The lowest BCUT2D eigenvalue weighted by atomic mass is 9.89. The molecule has 0 saturated carbocycles. The van der Waals surface area contributed by atoms with E-state index in [2.05, 4.69) is 27.7 Å². The van der Waals surface area contributed by atoms with Crippen molar-refractivity contribution >= 4 is 0 Å². The van der Waals surface area contributed by atoms with Crippen LogP contribution in [0.15, 0.2) is 0 Å². The van der Waals surface area contributed by atoms with Crippen molar-refractivity contribution in [1.29, 1.82) is 0 Å². The molecule has 0 aromatic rings. The zero-order chi connectivity index (χ0) is 9.61. The maximum absolute atomic E-state index is 9.49. The van der Waals surface area contributed by atoms with Crippen LogP contribution in [-0.4, -0.2) is 24.4 Å². The van der Waals surface area contributed by atoms with E-state index >= 15 is 0 Å². The molecule has 0 aromatic heterocycles. The van der Waals surface area contributed by atoms with E-state index in [4.69, 9.17) is 4.74 Å². The summed E-state index contributed by atoms with van der Waals surface area (Å²) in [4.78, 5) is 0. The third kappa shape index (κ3) is 8.02. The Morgan fingerprint density at radius 2 is 1.92 bits per heavy atom. The Morgan fingerprint density at radius 3 is 2.33 bits per heavy atom. The predicted octanol–water partition coefficient (Wildman–Crippen LogP) is 2.21. The average molecular weight is 174 g/mol. The summed E-state index contributed by atoms with van der Waals surface area (Å²) in [7, 11) is 0. The van der Waals surface area contributed by atoms with Crippen LogP contribution in [0.5, 0.6) is 0 Å². The first-order valence-electron chi connectivity index (χ1n) is 4.71. The molecule has 1 N–H and O–H groups in total. The van der Waals surface area contributed by atoms with Crippen molar-refractivity contribution in [2.45, 2.75) is 46.6 Å². The van der Waals surface area contributed by atoms with Crippen molar-refractivity contribution in [3.63, 3.8) is 0 Å². The van der Waals surface area contributed by atoms with Crippen LogP contribution in [-0.2, 0) is 4.74 Å². The molecular formula is C10H22O2. The zero-order valence-electron chi connectivity index (χ0n) is 8.76. The second kappa shape index (κ2) is 5.55. The SMILES string of the molecule is CCCOCC(O)CC(C)(C)C. The zero-order valence-corrected chi connectivity index (χ0v) is 8.76. The first-order valence-corrected chi connectivity index (χ1v) is 4.71. The standard InChI is InChI=1S/C10H22O2/c1-5-6-12-8-9(11)7-10(2,3)4/h9,11H,5-8H2,1-4H3. The Balaban J connectivity index is 3.40. The van der Waals surface area contributed by atoms with Crippen LogP contribution in [0.1, 0.15) is 40.5 Å². The fourth-order valence-corrected chi connectivity index (χ4v) is 1.13. The fourth-order valence-electron chi connectivity index (χ4n) is 1.13. The van der Waals surface area contributed by atoms with E-state index < -0.39 is 0 Å². The normalized spacial score (nSPS) is 14.8. The molecule has 1 unspecified atom stereocenters. The van der Waals surface area contributed by atoms with Gasteiger partial charge in [-0.05, 0) is 18.3 Å². The van der Waals surface area contributed by atoms with Gasteiger partial charge in [-0.15, -0.1) is 0 Å². The molecule has 0 aromatic carbocycles. The molecule has 1 atom stereocenters. The van der Waals surface area contributed by atoms with Gasteiger partial charge >= 0.3 is 0 Å². The van der Waals surface area contributed by atoms with E-state index in [0.717, 1.165) is 19.4 Å². The van der Waals surface area contributed by atoms with Gasteiger partial charge in [0.05, 0.1) is 12.7 Å². The maximum atomic E-state index is 9.49. The second-order valence-corrected chi connectivity index (χ2v) is 4.49. The molecule has 0 fully saturated rings. The highest BCUT2D eigenvalue weighted by Gasteiger charge is 2.16. The van der Waals surface area contributed by atoms with Crippen molar-refractivity contribution in [1.82, 2.24) is 0 Å². The van der Waals surface area contributed by atoms with Crippen LogP contribution in [0.25, 0.3) is 0 Å². The summed E-state index contributed by atoms with van der Waals surface area (Å²) in [5, 5.41) is 9.49. The quantitative estimate of drug-likeness (QED) is 0.647. The molecular weight excluding hydrogens is 152 g/mol. The van der Waals surface area contributed by atoms with E-state index in [1.165, 1.54) is 0 Å². The van der Waals surface area contributed by atoms with Gasteiger partial charge in [-0.25, -0.2) is 0 Å². The number of aliphatic hydroxyl groups is 1. The van der Waals surface area contributed by atoms with Crippen LogP contribution in [0.3, 0.4) is 0 Å². The lowest BCUT2D eigenvalue weighted by Crippen LogP contribution is -2.22. The van der Waals surface area contributed by atoms with Crippen molar-refractivity contribution < 1.29 is 9.84 Å². The third-order valence-corrected chi connectivity index (χ3v) is 1.51. The Hall–Kier alpha value is -0.0800. The third-order valence-electron chi connectivity index (χ3n) is 1.51. The van der Waals surface area contributed by atoms with Gasteiger partial charge in [0.2, 0.25) is 0 Å². The molecule has 0 aliphatic heterocycles. The van der Waals surface area contributed by atoms with Gasteiger partial charge in [-0.3, -0.25) is 0 Å². The average Bonchev–Trinajstić information content (AvgIpc) is 1.84. The first-order chi connectivity index (χ1) is 5.45. The molecule has 0 heterocycles. The molecule has 0 spiro atoms. The minimum absolute atomic E-state index is 0.189. The summed E-state index contributed by atoms with van der Waals surface area (Å²) >= 11 is 0. The Morgan fingerprint density at radius 1 is 1.33 bits per heavy atom.